The highest BCUT2D eigenvalue weighted by Gasteiger charge is 2.29. The van der Waals surface area contributed by atoms with Crippen molar-refractivity contribution >= 4 is 23.2 Å². The number of H-pyrrole nitrogens is 1. The average molecular weight is 392 g/mol. The van der Waals surface area contributed by atoms with Crippen molar-refractivity contribution < 1.29 is 9.59 Å². The molecule has 148 valence electrons. The number of aromatic nitrogens is 4. The van der Waals surface area contributed by atoms with Crippen LogP contribution in [0.4, 0.5) is 11.4 Å². The first-order valence-electron chi connectivity index (χ1n) is 9.26. The molecule has 2 amide bonds. The van der Waals surface area contributed by atoms with Crippen LogP contribution in [0.25, 0.3) is 5.82 Å². The van der Waals surface area contributed by atoms with Gasteiger partial charge in [-0.25, -0.2) is 9.78 Å². The second kappa shape index (κ2) is 7.34. The van der Waals surface area contributed by atoms with Crippen LogP contribution in [0.1, 0.15) is 34.5 Å². The minimum atomic E-state index is -0.327. The highest BCUT2D eigenvalue weighted by atomic mass is 16.2. The highest BCUT2D eigenvalue weighted by molar-refractivity contribution is 6.06. The average Bonchev–Trinajstić information content (AvgIpc) is 3.48. The molecule has 4 rings (SSSR count). The van der Waals surface area contributed by atoms with Crippen LogP contribution in [-0.4, -0.2) is 31.8 Å². The molecule has 3 aromatic rings. The number of nitrogens with zero attached hydrogens (tertiary/aromatic N) is 3. The Hall–Kier alpha value is -3.75. The van der Waals surface area contributed by atoms with Gasteiger partial charge in [0, 0.05) is 23.4 Å². The van der Waals surface area contributed by atoms with Crippen molar-refractivity contribution in [1.29, 1.82) is 0 Å². The number of benzene rings is 1. The number of amides is 2. The van der Waals surface area contributed by atoms with Crippen LogP contribution in [0.3, 0.4) is 0 Å². The minimum Gasteiger partial charge on any atom is -0.326 e. The number of aromatic amines is 1. The summed E-state index contributed by atoms with van der Waals surface area (Å²) < 4.78 is 1.48. The van der Waals surface area contributed by atoms with E-state index in [1.807, 2.05) is 19.1 Å². The first-order valence-corrected chi connectivity index (χ1v) is 9.26. The van der Waals surface area contributed by atoms with Gasteiger partial charge in [-0.15, -0.1) is 0 Å². The lowest BCUT2D eigenvalue weighted by atomic mass is 10.1. The van der Waals surface area contributed by atoms with E-state index in [-0.39, 0.29) is 23.3 Å². The number of nitrogens with one attached hydrogen (secondary N) is 3. The summed E-state index contributed by atoms with van der Waals surface area (Å²) in [6.45, 7) is 3.62. The zero-order chi connectivity index (χ0) is 20.5. The van der Waals surface area contributed by atoms with Gasteiger partial charge in [0.25, 0.3) is 11.5 Å². The number of hydrogen-bond acceptors (Lipinski definition) is 5. The molecule has 0 atom stereocenters. The van der Waals surface area contributed by atoms with Crippen molar-refractivity contribution in [3.63, 3.8) is 0 Å². The molecule has 29 heavy (non-hydrogen) atoms. The van der Waals surface area contributed by atoms with Crippen LogP contribution in [0.15, 0.2) is 41.3 Å². The monoisotopic (exact) mass is 392 g/mol. The number of rotatable bonds is 5. The summed E-state index contributed by atoms with van der Waals surface area (Å²) in [4.78, 5) is 36.0. The molecule has 1 aliphatic rings. The Bertz CT molecular complexity index is 1140. The molecular formula is C20H20N6O3. The second-order valence-corrected chi connectivity index (χ2v) is 7.08. The van der Waals surface area contributed by atoms with Crippen LogP contribution in [0, 0.1) is 19.8 Å². The Balaban J connectivity index is 1.54. The third kappa shape index (κ3) is 3.93. The fourth-order valence-corrected chi connectivity index (χ4v) is 2.93. The van der Waals surface area contributed by atoms with E-state index in [2.05, 4.69) is 25.9 Å². The van der Waals surface area contributed by atoms with E-state index in [0.717, 1.165) is 18.4 Å². The molecule has 1 fully saturated rings. The molecule has 0 saturated heterocycles. The summed E-state index contributed by atoms with van der Waals surface area (Å²) in [6, 6.07) is 8.27. The molecule has 2 heterocycles. The van der Waals surface area contributed by atoms with Crippen molar-refractivity contribution in [2.24, 2.45) is 5.92 Å². The van der Waals surface area contributed by atoms with Gasteiger partial charge in [0.05, 0.1) is 17.5 Å². The third-order valence-electron chi connectivity index (χ3n) is 4.84. The summed E-state index contributed by atoms with van der Waals surface area (Å²) in [5.41, 5.74) is 2.77. The predicted octanol–water partition coefficient (Wildman–Crippen LogP) is 2.17. The number of hydrogen-bond donors (Lipinski definition) is 3. The van der Waals surface area contributed by atoms with Gasteiger partial charge in [-0.2, -0.15) is 10.2 Å². The van der Waals surface area contributed by atoms with E-state index in [1.54, 1.807) is 13.0 Å². The van der Waals surface area contributed by atoms with E-state index in [0.29, 0.717) is 28.5 Å². The lowest BCUT2D eigenvalue weighted by Gasteiger charge is -2.11. The molecule has 0 radical (unpaired) electrons. The summed E-state index contributed by atoms with van der Waals surface area (Å²) in [5, 5.41) is 16.2. The maximum atomic E-state index is 12.8. The van der Waals surface area contributed by atoms with Crippen LogP contribution >= 0.6 is 0 Å². The summed E-state index contributed by atoms with van der Waals surface area (Å²) in [6.07, 6.45) is 3.30. The Morgan fingerprint density at radius 1 is 1.14 bits per heavy atom. The third-order valence-corrected chi connectivity index (χ3v) is 4.84. The summed E-state index contributed by atoms with van der Waals surface area (Å²) in [5.74, 6) is 0.190. The summed E-state index contributed by atoms with van der Waals surface area (Å²) in [7, 11) is 0. The molecule has 2 aromatic heterocycles. The lowest BCUT2D eigenvalue weighted by Crippen LogP contribution is -2.16. The van der Waals surface area contributed by atoms with Crippen molar-refractivity contribution in [2.75, 3.05) is 10.6 Å². The summed E-state index contributed by atoms with van der Waals surface area (Å²) >= 11 is 0. The zero-order valence-corrected chi connectivity index (χ0v) is 16.0. The van der Waals surface area contributed by atoms with Gasteiger partial charge in [-0.3, -0.25) is 14.4 Å². The van der Waals surface area contributed by atoms with Gasteiger partial charge in [0.2, 0.25) is 5.91 Å². The van der Waals surface area contributed by atoms with Gasteiger partial charge < -0.3 is 10.6 Å². The van der Waals surface area contributed by atoms with E-state index < -0.39 is 0 Å². The zero-order valence-electron chi connectivity index (χ0n) is 16.0. The molecule has 0 bridgehead atoms. The maximum absolute atomic E-state index is 12.8. The lowest BCUT2D eigenvalue weighted by molar-refractivity contribution is -0.117. The molecule has 1 aliphatic carbocycles. The molecule has 0 unspecified atom stereocenters. The van der Waals surface area contributed by atoms with Gasteiger partial charge >= 0.3 is 0 Å². The molecule has 1 aromatic carbocycles. The fraction of sp³-hybridized carbons (Fsp3) is 0.250. The quantitative estimate of drug-likeness (QED) is 0.614. The van der Waals surface area contributed by atoms with Crippen molar-refractivity contribution in [3.8, 4) is 5.82 Å². The Morgan fingerprint density at radius 3 is 2.62 bits per heavy atom. The minimum absolute atomic E-state index is 0.0108. The largest absolute Gasteiger partial charge is 0.326 e. The first-order chi connectivity index (χ1) is 13.9. The molecule has 1 saturated carbocycles. The number of anilines is 2. The fourth-order valence-electron chi connectivity index (χ4n) is 2.93. The topological polar surface area (TPSA) is 122 Å². The first kappa shape index (κ1) is 18.6. The molecule has 3 N–H and O–H groups in total. The molecule has 9 heteroatoms. The molecular weight excluding hydrogens is 372 g/mol. The molecule has 0 spiro atoms. The Labute approximate surface area is 166 Å². The number of aryl methyl sites for hydroxylation is 1. The predicted molar refractivity (Wildman–Crippen MR) is 107 cm³/mol. The standard InChI is InChI=1S/C20H20N6O3/c1-11-3-6-14(22-19(28)13-4-5-13)9-16(11)23-20(29)15-10-21-26(12(15)2)17-7-8-18(27)25-24-17/h3,6-10,13H,4-5H2,1-2H3,(H,22,28)(H,23,29)(H,25,27). The number of carbonyl (C=O) groups is 2. The van der Waals surface area contributed by atoms with Crippen LogP contribution in [0.2, 0.25) is 0 Å². The molecule has 0 aliphatic heterocycles. The van der Waals surface area contributed by atoms with Crippen molar-refractivity contribution in [2.45, 2.75) is 26.7 Å². The van der Waals surface area contributed by atoms with Crippen LogP contribution in [-0.2, 0) is 4.79 Å². The normalized spacial score (nSPS) is 13.2. The Morgan fingerprint density at radius 2 is 1.93 bits per heavy atom. The van der Waals surface area contributed by atoms with E-state index in [9.17, 15) is 14.4 Å². The van der Waals surface area contributed by atoms with Gasteiger partial charge in [-0.05, 0) is 50.5 Å². The second-order valence-electron chi connectivity index (χ2n) is 7.08. The van der Waals surface area contributed by atoms with Gasteiger partial charge in [-0.1, -0.05) is 6.07 Å². The van der Waals surface area contributed by atoms with Gasteiger partial charge in [0.15, 0.2) is 5.82 Å². The Kier molecular flexibility index (Phi) is 4.71. The van der Waals surface area contributed by atoms with Crippen molar-refractivity contribution in [1.82, 2.24) is 20.0 Å². The van der Waals surface area contributed by atoms with E-state index in [4.69, 9.17) is 0 Å². The van der Waals surface area contributed by atoms with Gasteiger partial charge in [0.1, 0.15) is 0 Å². The maximum Gasteiger partial charge on any atom is 0.264 e. The smallest absolute Gasteiger partial charge is 0.264 e. The highest BCUT2D eigenvalue weighted by Crippen LogP contribution is 2.31. The number of carbonyl (C=O) groups excluding carboxylic acids is 2. The van der Waals surface area contributed by atoms with E-state index >= 15 is 0 Å². The van der Waals surface area contributed by atoms with Crippen LogP contribution < -0.4 is 16.2 Å². The SMILES string of the molecule is Cc1ccc(NC(=O)C2CC2)cc1NC(=O)c1cnn(-c2ccc(=O)[nH]n2)c1C. The van der Waals surface area contributed by atoms with Crippen LogP contribution in [0.5, 0.6) is 0 Å². The van der Waals surface area contributed by atoms with Crippen molar-refractivity contribution in [3.05, 3.63) is 63.7 Å². The molecule has 9 nitrogen and oxygen atoms in total. The van der Waals surface area contributed by atoms with E-state index in [1.165, 1.54) is 23.0 Å².